The van der Waals surface area contributed by atoms with E-state index in [0.717, 1.165) is 18.5 Å². The summed E-state index contributed by atoms with van der Waals surface area (Å²) in [5.41, 5.74) is 0.977. The van der Waals surface area contributed by atoms with Crippen molar-refractivity contribution in [3.05, 3.63) is 18.0 Å². The van der Waals surface area contributed by atoms with Gasteiger partial charge < -0.3 is 9.88 Å². The fourth-order valence-electron chi connectivity index (χ4n) is 2.15. The number of hydrogen-bond acceptors (Lipinski definition) is 3. The summed E-state index contributed by atoms with van der Waals surface area (Å²) in [5, 5.41) is 3.03. The van der Waals surface area contributed by atoms with Crippen molar-refractivity contribution in [3.8, 4) is 0 Å². The van der Waals surface area contributed by atoms with Crippen molar-refractivity contribution >= 4 is 10.0 Å². The smallest absolute Gasteiger partial charge is 0.244 e. The molecule has 0 amide bonds. The minimum absolute atomic E-state index is 0.409. The SMILES string of the molecule is CNCc1cc(S(=O)(=O)N2CCCC2)cn1C. The highest BCUT2D eigenvalue weighted by atomic mass is 32.2. The Labute approximate surface area is 102 Å². The first-order valence-electron chi connectivity index (χ1n) is 5.85. The van der Waals surface area contributed by atoms with Gasteiger partial charge in [0.25, 0.3) is 0 Å². The van der Waals surface area contributed by atoms with Gasteiger partial charge in [-0.15, -0.1) is 0 Å². The van der Waals surface area contributed by atoms with Crippen molar-refractivity contribution in [3.63, 3.8) is 0 Å². The summed E-state index contributed by atoms with van der Waals surface area (Å²) < 4.78 is 28.0. The van der Waals surface area contributed by atoms with Crippen molar-refractivity contribution in [1.82, 2.24) is 14.2 Å². The van der Waals surface area contributed by atoms with E-state index in [1.165, 1.54) is 0 Å². The lowest BCUT2D eigenvalue weighted by atomic mass is 10.4. The Balaban J connectivity index is 2.29. The molecule has 0 saturated carbocycles. The van der Waals surface area contributed by atoms with Gasteiger partial charge in [0, 0.05) is 38.6 Å². The molecule has 17 heavy (non-hydrogen) atoms. The maximum atomic E-state index is 12.3. The zero-order valence-electron chi connectivity index (χ0n) is 10.3. The molecule has 96 valence electrons. The van der Waals surface area contributed by atoms with Crippen LogP contribution in [0.1, 0.15) is 18.5 Å². The van der Waals surface area contributed by atoms with Gasteiger partial charge in [-0.1, -0.05) is 0 Å². The van der Waals surface area contributed by atoms with Gasteiger partial charge in [-0.25, -0.2) is 8.42 Å². The summed E-state index contributed by atoms with van der Waals surface area (Å²) in [4.78, 5) is 0.409. The van der Waals surface area contributed by atoms with Crippen LogP contribution in [0.4, 0.5) is 0 Å². The van der Waals surface area contributed by atoms with Crippen molar-refractivity contribution in [1.29, 1.82) is 0 Å². The van der Waals surface area contributed by atoms with Crippen molar-refractivity contribution in [2.75, 3.05) is 20.1 Å². The highest BCUT2D eigenvalue weighted by molar-refractivity contribution is 7.89. The monoisotopic (exact) mass is 257 g/mol. The molecule has 0 unspecified atom stereocenters. The Morgan fingerprint density at radius 1 is 1.35 bits per heavy atom. The van der Waals surface area contributed by atoms with Crippen LogP contribution >= 0.6 is 0 Å². The van der Waals surface area contributed by atoms with Crippen LogP contribution < -0.4 is 5.32 Å². The normalized spacial score (nSPS) is 17.8. The van der Waals surface area contributed by atoms with E-state index in [9.17, 15) is 8.42 Å². The minimum atomic E-state index is -3.27. The summed E-state index contributed by atoms with van der Waals surface area (Å²) in [6.45, 7) is 1.98. The van der Waals surface area contributed by atoms with Crippen LogP contribution in [0.3, 0.4) is 0 Å². The molecule has 1 saturated heterocycles. The van der Waals surface area contributed by atoms with Gasteiger partial charge in [0.1, 0.15) is 4.90 Å². The van der Waals surface area contributed by atoms with Gasteiger partial charge in [-0.2, -0.15) is 4.31 Å². The van der Waals surface area contributed by atoms with E-state index >= 15 is 0 Å². The molecule has 1 aromatic rings. The number of nitrogens with one attached hydrogen (secondary N) is 1. The lowest BCUT2D eigenvalue weighted by molar-refractivity contribution is 0.477. The minimum Gasteiger partial charge on any atom is -0.352 e. The van der Waals surface area contributed by atoms with Crippen LogP contribution in [0, 0.1) is 0 Å². The van der Waals surface area contributed by atoms with Crippen LogP contribution in [-0.4, -0.2) is 37.4 Å². The van der Waals surface area contributed by atoms with E-state index < -0.39 is 10.0 Å². The Hall–Kier alpha value is -0.850. The average Bonchev–Trinajstić information content (AvgIpc) is 2.89. The molecule has 2 heterocycles. The Morgan fingerprint density at radius 2 is 2.00 bits per heavy atom. The summed E-state index contributed by atoms with van der Waals surface area (Å²) in [6, 6.07) is 1.75. The topological polar surface area (TPSA) is 54.3 Å². The molecule has 0 atom stereocenters. The molecule has 0 bridgehead atoms. The second-order valence-corrected chi connectivity index (χ2v) is 6.36. The third kappa shape index (κ3) is 2.38. The Kier molecular flexibility index (Phi) is 3.56. The number of sulfonamides is 1. The average molecular weight is 257 g/mol. The third-order valence-electron chi connectivity index (χ3n) is 3.14. The fraction of sp³-hybridized carbons (Fsp3) is 0.636. The molecular weight excluding hydrogens is 238 g/mol. The molecule has 1 aliphatic rings. The Morgan fingerprint density at radius 3 is 2.59 bits per heavy atom. The summed E-state index contributed by atoms with van der Waals surface area (Å²) in [7, 11) is 0.446. The van der Waals surface area contributed by atoms with Crippen LogP contribution in [0.5, 0.6) is 0 Å². The second-order valence-electron chi connectivity index (χ2n) is 4.42. The van der Waals surface area contributed by atoms with E-state index in [1.54, 1.807) is 16.6 Å². The number of hydrogen-bond donors (Lipinski definition) is 1. The molecule has 1 fully saturated rings. The van der Waals surface area contributed by atoms with Gasteiger partial charge in [-0.3, -0.25) is 0 Å². The second kappa shape index (κ2) is 4.80. The number of rotatable bonds is 4. The molecule has 6 heteroatoms. The molecule has 2 rings (SSSR count). The van der Waals surface area contributed by atoms with Gasteiger partial charge >= 0.3 is 0 Å². The van der Waals surface area contributed by atoms with Crippen LogP contribution in [-0.2, 0) is 23.6 Å². The molecule has 1 aromatic heterocycles. The molecule has 0 spiro atoms. The van der Waals surface area contributed by atoms with Gasteiger partial charge in [-0.05, 0) is 26.0 Å². The molecule has 0 aliphatic carbocycles. The van der Waals surface area contributed by atoms with Gasteiger partial charge in [0.15, 0.2) is 0 Å². The van der Waals surface area contributed by atoms with Gasteiger partial charge in [0.2, 0.25) is 10.0 Å². The van der Waals surface area contributed by atoms with E-state index in [2.05, 4.69) is 5.32 Å². The van der Waals surface area contributed by atoms with E-state index in [0.29, 0.717) is 24.5 Å². The van der Waals surface area contributed by atoms with Crippen LogP contribution in [0.2, 0.25) is 0 Å². The number of aryl methyl sites for hydroxylation is 1. The number of aromatic nitrogens is 1. The van der Waals surface area contributed by atoms with E-state index in [-0.39, 0.29) is 0 Å². The molecule has 0 radical (unpaired) electrons. The molecule has 0 aromatic carbocycles. The quantitative estimate of drug-likeness (QED) is 0.856. The standard InChI is InChI=1S/C11H19N3O2S/c1-12-8-10-7-11(9-13(10)2)17(15,16)14-5-3-4-6-14/h7,9,12H,3-6,8H2,1-2H3. The highest BCUT2D eigenvalue weighted by Gasteiger charge is 2.28. The first-order valence-corrected chi connectivity index (χ1v) is 7.29. The van der Waals surface area contributed by atoms with Gasteiger partial charge in [0.05, 0.1) is 0 Å². The summed E-state index contributed by atoms with van der Waals surface area (Å²) in [6.07, 6.45) is 3.63. The molecular formula is C11H19N3O2S. The molecule has 1 aliphatic heterocycles. The van der Waals surface area contributed by atoms with E-state index in [4.69, 9.17) is 0 Å². The molecule has 5 nitrogen and oxygen atoms in total. The third-order valence-corrected chi connectivity index (χ3v) is 5.01. The lowest BCUT2D eigenvalue weighted by Crippen LogP contribution is -2.27. The Bertz CT molecular complexity index is 487. The fourth-order valence-corrected chi connectivity index (χ4v) is 3.77. The zero-order chi connectivity index (χ0) is 12.5. The summed E-state index contributed by atoms with van der Waals surface area (Å²) >= 11 is 0. The predicted molar refractivity (Wildman–Crippen MR) is 66.2 cm³/mol. The first kappa shape index (κ1) is 12.6. The van der Waals surface area contributed by atoms with Crippen molar-refractivity contribution in [2.24, 2.45) is 7.05 Å². The summed E-state index contributed by atoms with van der Waals surface area (Å²) in [5.74, 6) is 0. The zero-order valence-corrected chi connectivity index (χ0v) is 11.1. The predicted octanol–water partition coefficient (Wildman–Crippen LogP) is 0.529. The maximum absolute atomic E-state index is 12.3. The molecule has 1 N–H and O–H groups in total. The van der Waals surface area contributed by atoms with Crippen molar-refractivity contribution in [2.45, 2.75) is 24.3 Å². The van der Waals surface area contributed by atoms with E-state index in [1.807, 2.05) is 18.7 Å². The van der Waals surface area contributed by atoms with Crippen molar-refractivity contribution < 1.29 is 8.42 Å². The maximum Gasteiger partial charge on any atom is 0.244 e. The number of nitrogens with zero attached hydrogens (tertiary/aromatic N) is 2. The van der Waals surface area contributed by atoms with Crippen LogP contribution in [0.15, 0.2) is 17.2 Å². The lowest BCUT2D eigenvalue weighted by Gasteiger charge is -2.13. The first-order chi connectivity index (χ1) is 8.05. The van der Waals surface area contributed by atoms with Crippen LogP contribution in [0.25, 0.3) is 0 Å². The highest BCUT2D eigenvalue weighted by Crippen LogP contribution is 2.22. The largest absolute Gasteiger partial charge is 0.352 e.